The van der Waals surface area contributed by atoms with E-state index >= 15 is 0 Å². The molecule has 134 valence electrons. The summed E-state index contributed by atoms with van der Waals surface area (Å²) in [7, 11) is 0. The van der Waals surface area contributed by atoms with E-state index in [1.807, 2.05) is 0 Å². The zero-order valence-electron chi connectivity index (χ0n) is 15.7. The van der Waals surface area contributed by atoms with Gasteiger partial charge in [-0.25, -0.2) is 0 Å². The maximum atomic E-state index is 2.60. The van der Waals surface area contributed by atoms with Crippen molar-refractivity contribution in [3.8, 4) is 0 Å². The van der Waals surface area contributed by atoms with Crippen LogP contribution in [0.5, 0.6) is 0 Å². The standard InChI is InChI=1S/C24H28N2/c1-2-20-10-12-21(13-11-20)18-25-14-16-26(17-15-25)19-23-8-5-7-22-6-3-4-9-24(22)23/h3-13H,2,14-19H2,1H3. The maximum Gasteiger partial charge on any atom is 0.0240 e. The van der Waals surface area contributed by atoms with Gasteiger partial charge >= 0.3 is 0 Å². The summed E-state index contributed by atoms with van der Waals surface area (Å²) in [4.78, 5) is 5.18. The molecule has 2 nitrogen and oxygen atoms in total. The summed E-state index contributed by atoms with van der Waals surface area (Å²) in [5.41, 5.74) is 4.31. The molecule has 1 aliphatic heterocycles. The molecule has 26 heavy (non-hydrogen) atoms. The van der Waals surface area contributed by atoms with Gasteiger partial charge in [0.05, 0.1) is 0 Å². The zero-order valence-corrected chi connectivity index (χ0v) is 15.7. The number of benzene rings is 3. The molecule has 0 unspecified atom stereocenters. The van der Waals surface area contributed by atoms with Crippen LogP contribution in [0.3, 0.4) is 0 Å². The van der Waals surface area contributed by atoms with Crippen LogP contribution in [0.2, 0.25) is 0 Å². The third-order valence-electron chi connectivity index (χ3n) is 5.58. The minimum atomic E-state index is 1.06. The average Bonchev–Trinajstić information content (AvgIpc) is 2.70. The van der Waals surface area contributed by atoms with Gasteiger partial charge in [-0.1, -0.05) is 73.7 Å². The minimum absolute atomic E-state index is 1.06. The summed E-state index contributed by atoms with van der Waals surface area (Å²) in [5, 5.41) is 2.74. The molecule has 0 amide bonds. The first kappa shape index (κ1) is 17.3. The van der Waals surface area contributed by atoms with Crippen molar-refractivity contribution in [2.24, 2.45) is 0 Å². The lowest BCUT2D eigenvalue weighted by molar-refractivity contribution is 0.122. The molecule has 4 rings (SSSR count). The Balaban J connectivity index is 1.34. The predicted octanol–water partition coefficient (Wildman–Crippen LogP) is 4.72. The van der Waals surface area contributed by atoms with E-state index in [1.165, 1.54) is 27.5 Å². The molecule has 0 bridgehead atoms. The largest absolute Gasteiger partial charge is 0.297 e. The molecule has 0 radical (unpaired) electrons. The van der Waals surface area contributed by atoms with E-state index in [2.05, 4.69) is 83.5 Å². The van der Waals surface area contributed by atoms with E-state index < -0.39 is 0 Å². The van der Waals surface area contributed by atoms with Gasteiger partial charge in [0, 0.05) is 39.3 Å². The number of hydrogen-bond acceptors (Lipinski definition) is 2. The molecular formula is C24H28N2. The zero-order chi connectivity index (χ0) is 17.8. The molecule has 1 saturated heterocycles. The van der Waals surface area contributed by atoms with Gasteiger partial charge in [0.25, 0.3) is 0 Å². The Morgan fingerprint density at radius 2 is 1.27 bits per heavy atom. The van der Waals surface area contributed by atoms with Crippen LogP contribution in [-0.2, 0) is 19.5 Å². The first-order valence-electron chi connectivity index (χ1n) is 9.81. The molecule has 3 aromatic rings. The Morgan fingerprint density at radius 3 is 2.00 bits per heavy atom. The fraction of sp³-hybridized carbons (Fsp3) is 0.333. The Bertz CT molecular complexity index is 840. The summed E-state index contributed by atoms with van der Waals surface area (Å²) in [6.07, 6.45) is 1.12. The highest BCUT2D eigenvalue weighted by molar-refractivity contribution is 5.85. The molecule has 1 heterocycles. The fourth-order valence-electron chi connectivity index (χ4n) is 3.92. The number of piperazine rings is 1. The third kappa shape index (κ3) is 3.98. The van der Waals surface area contributed by atoms with E-state index in [0.29, 0.717) is 0 Å². The second-order valence-corrected chi connectivity index (χ2v) is 7.36. The topological polar surface area (TPSA) is 6.48 Å². The molecule has 1 aliphatic rings. The van der Waals surface area contributed by atoms with Crippen LogP contribution in [0.25, 0.3) is 10.8 Å². The summed E-state index contributed by atoms with van der Waals surface area (Å²) >= 11 is 0. The van der Waals surface area contributed by atoms with Crippen LogP contribution in [0, 0.1) is 0 Å². The maximum absolute atomic E-state index is 2.60. The SMILES string of the molecule is CCc1ccc(CN2CCN(Cc3cccc4ccccc34)CC2)cc1. The van der Waals surface area contributed by atoms with Gasteiger partial charge in [-0.15, -0.1) is 0 Å². The van der Waals surface area contributed by atoms with Gasteiger partial charge < -0.3 is 0 Å². The van der Waals surface area contributed by atoms with Crippen molar-refractivity contribution in [2.75, 3.05) is 26.2 Å². The van der Waals surface area contributed by atoms with Gasteiger partial charge in [0.1, 0.15) is 0 Å². The lowest BCUT2D eigenvalue weighted by Gasteiger charge is -2.35. The average molecular weight is 345 g/mol. The monoisotopic (exact) mass is 344 g/mol. The molecule has 1 fully saturated rings. The summed E-state index contributed by atoms with van der Waals surface area (Å²) in [5.74, 6) is 0. The second-order valence-electron chi connectivity index (χ2n) is 7.36. The molecule has 0 atom stereocenters. The molecule has 0 saturated carbocycles. The lowest BCUT2D eigenvalue weighted by Crippen LogP contribution is -2.45. The molecular weight excluding hydrogens is 316 g/mol. The second kappa shape index (κ2) is 8.03. The molecule has 0 spiro atoms. The first-order valence-corrected chi connectivity index (χ1v) is 9.81. The summed E-state index contributed by atoms with van der Waals surface area (Å²) in [6, 6.07) is 24.5. The van der Waals surface area contributed by atoms with E-state index in [4.69, 9.17) is 0 Å². The minimum Gasteiger partial charge on any atom is -0.297 e. The molecule has 0 aromatic heterocycles. The molecule has 3 aromatic carbocycles. The van der Waals surface area contributed by atoms with Crippen LogP contribution >= 0.6 is 0 Å². The highest BCUT2D eigenvalue weighted by Gasteiger charge is 2.17. The molecule has 0 N–H and O–H groups in total. The molecule has 2 heteroatoms. The molecule has 0 aliphatic carbocycles. The van der Waals surface area contributed by atoms with Gasteiger partial charge in [-0.2, -0.15) is 0 Å². The van der Waals surface area contributed by atoms with Gasteiger partial charge in [-0.05, 0) is 33.9 Å². The number of aryl methyl sites for hydroxylation is 1. The van der Waals surface area contributed by atoms with Crippen molar-refractivity contribution in [3.63, 3.8) is 0 Å². The quantitative estimate of drug-likeness (QED) is 0.661. The van der Waals surface area contributed by atoms with E-state index in [0.717, 1.165) is 45.7 Å². The van der Waals surface area contributed by atoms with Crippen molar-refractivity contribution in [3.05, 3.63) is 83.4 Å². The van der Waals surface area contributed by atoms with Crippen molar-refractivity contribution < 1.29 is 0 Å². The van der Waals surface area contributed by atoms with Crippen molar-refractivity contribution in [1.29, 1.82) is 0 Å². The van der Waals surface area contributed by atoms with E-state index in [-0.39, 0.29) is 0 Å². The van der Waals surface area contributed by atoms with Gasteiger partial charge in [0.15, 0.2) is 0 Å². The first-order chi connectivity index (χ1) is 12.8. The van der Waals surface area contributed by atoms with Gasteiger partial charge in [0.2, 0.25) is 0 Å². The Hall–Kier alpha value is -2.16. The number of hydrogen-bond donors (Lipinski definition) is 0. The predicted molar refractivity (Wildman–Crippen MR) is 110 cm³/mol. The van der Waals surface area contributed by atoms with Crippen LogP contribution in [-0.4, -0.2) is 36.0 Å². The van der Waals surface area contributed by atoms with Crippen LogP contribution in [0.15, 0.2) is 66.7 Å². The highest BCUT2D eigenvalue weighted by Crippen LogP contribution is 2.21. The van der Waals surface area contributed by atoms with Crippen molar-refractivity contribution in [2.45, 2.75) is 26.4 Å². The smallest absolute Gasteiger partial charge is 0.0240 e. The van der Waals surface area contributed by atoms with Crippen LogP contribution in [0.1, 0.15) is 23.6 Å². The van der Waals surface area contributed by atoms with E-state index in [9.17, 15) is 0 Å². The number of nitrogens with zero attached hydrogens (tertiary/aromatic N) is 2. The van der Waals surface area contributed by atoms with Crippen molar-refractivity contribution in [1.82, 2.24) is 9.80 Å². The van der Waals surface area contributed by atoms with Crippen LogP contribution in [0.4, 0.5) is 0 Å². The third-order valence-corrected chi connectivity index (χ3v) is 5.58. The Kier molecular flexibility index (Phi) is 5.33. The highest BCUT2D eigenvalue weighted by atomic mass is 15.3. The fourth-order valence-corrected chi connectivity index (χ4v) is 3.92. The Morgan fingerprint density at radius 1 is 0.654 bits per heavy atom. The summed E-state index contributed by atoms with van der Waals surface area (Å²) in [6.45, 7) is 8.95. The Labute approximate surface area is 157 Å². The van der Waals surface area contributed by atoms with Crippen LogP contribution < -0.4 is 0 Å². The van der Waals surface area contributed by atoms with Crippen molar-refractivity contribution >= 4 is 10.8 Å². The lowest BCUT2D eigenvalue weighted by atomic mass is 10.0. The normalized spacial score (nSPS) is 16.2. The number of fused-ring (bicyclic) bond motifs is 1. The van der Waals surface area contributed by atoms with Gasteiger partial charge in [-0.3, -0.25) is 9.80 Å². The number of rotatable bonds is 5. The van der Waals surface area contributed by atoms with E-state index in [1.54, 1.807) is 0 Å². The summed E-state index contributed by atoms with van der Waals surface area (Å²) < 4.78 is 0.